The standard InChI is InChI=1S/C17H16N2O2/c20-16(14-11-19-9-2-1-8-15(19)18-14)13-7-3-5-12-6-4-10-21-17(12)13/h1-3,5,7-9,11,16,20H,4,6,10H2. The molecule has 0 amide bonds. The molecule has 0 saturated heterocycles. The van der Waals surface area contributed by atoms with Gasteiger partial charge < -0.3 is 14.2 Å². The third-order valence-corrected chi connectivity index (χ3v) is 3.92. The number of imidazole rings is 1. The molecule has 0 aliphatic carbocycles. The summed E-state index contributed by atoms with van der Waals surface area (Å²) in [6.45, 7) is 0.710. The predicted octanol–water partition coefficient (Wildman–Crippen LogP) is 2.74. The van der Waals surface area contributed by atoms with Crippen molar-refractivity contribution in [1.29, 1.82) is 0 Å². The van der Waals surface area contributed by atoms with E-state index in [-0.39, 0.29) is 0 Å². The highest BCUT2D eigenvalue weighted by molar-refractivity contribution is 5.48. The van der Waals surface area contributed by atoms with Gasteiger partial charge in [-0.25, -0.2) is 4.98 Å². The molecule has 2 aromatic heterocycles. The summed E-state index contributed by atoms with van der Waals surface area (Å²) in [5, 5.41) is 10.7. The second-order valence-corrected chi connectivity index (χ2v) is 5.32. The Morgan fingerprint density at radius 2 is 2.14 bits per heavy atom. The largest absolute Gasteiger partial charge is 0.493 e. The van der Waals surface area contributed by atoms with E-state index >= 15 is 0 Å². The fourth-order valence-corrected chi connectivity index (χ4v) is 2.88. The fraction of sp³-hybridized carbons (Fsp3) is 0.235. The van der Waals surface area contributed by atoms with Crippen LogP contribution in [0, 0.1) is 0 Å². The van der Waals surface area contributed by atoms with Crippen molar-refractivity contribution in [3.8, 4) is 5.75 Å². The number of hydrogen-bond donors (Lipinski definition) is 1. The number of aromatic nitrogens is 2. The van der Waals surface area contributed by atoms with Crippen LogP contribution in [0.1, 0.15) is 29.3 Å². The Bertz CT molecular complexity index is 761. The van der Waals surface area contributed by atoms with Crippen LogP contribution in [0.3, 0.4) is 0 Å². The third-order valence-electron chi connectivity index (χ3n) is 3.92. The lowest BCUT2D eigenvalue weighted by Gasteiger charge is -2.22. The molecule has 3 aromatic rings. The van der Waals surface area contributed by atoms with E-state index in [1.807, 2.05) is 47.1 Å². The van der Waals surface area contributed by atoms with E-state index in [0.29, 0.717) is 12.3 Å². The van der Waals surface area contributed by atoms with E-state index in [1.165, 1.54) is 5.56 Å². The van der Waals surface area contributed by atoms with Gasteiger partial charge in [0.25, 0.3) is 0 Å². The second-order valence-electron chi connectivity index (χ2n) is 5.32. The lowest BCUT2D eigenvalue weighted by Crippen LogP contribution is -2.12. The minimum Gasteiger partial charge on any atom is -0.493 e. The van der Waals surface area contributed by atoms with Crippen LogP contribution in [0.4, 0.5) is 0 Å². The first-order valence-electron chi connectivity index (χ1n) is 7.19. The highest BCUT2D eigenvalue weighted by atomic mass is 16.5. The number of benzene rings is 1. The van der Waals surface area contributed by atoms with Crippen molar-refractivity contribution in [2.24, 2.45) is 0 Å². The van der Waals surface area contributed by atoms with E-state index in [4.69, 9.17) is 4.74 Å². The molecule has 3 heterocycles. The van der Waals surface area contributed by atoms with Crippen LogP contribution in [0.2, 0.25) is 0 Å². The quantitative estimate of drug-likeness (QED) is 0.785. The van der Waals surface area contributed by atoms with E-state index in [0.717, 1.165) is 29.8 Å². The monoisotopic (exact) mass is 280 g/mol. The number of aryl methyl sites for hydroxylation is 1. The molecule has 0 spiro atoms. The minimum absolute atomic E-state index is 0.642. The van der Waals surface area contributed by atoms with Gasteiger partial charge in [0.2, 0.25) is 0 Å². The molecule has 0 radical (unpaired) electrons. The first-order valence-corrected chi connectivity index (χ1v) is 7.19. The third kappa shape index (κ3) is 2.08. The van der Waals surface area contributed by atoms with Gasteiger partial charge >= 0.3 is 0 Å². The Balaban J connectivity index is 1.79. The molecule has 1 aromatic carbocycles. The fourth-order valence-electron chi connectivity index (χ4n) is 2.88. The molecule has 0 fully saturated rings. The highest BCUT2D eigenvalue weighted by Crippen LogP contribution is 2.35. The van der Waals surface area contributed by atoms with Crippen molar-refractivity contribution < 1.29 is 9.84 Å². The predicted molar refractivity (Wildman–Crippen MR) is 79.5 cm³/mol. The van der Waals surface area contributed by atoms with Gasteiger partial charge in [0, 0.05) is 18.0 Å². The summed E-state index contributed by atoms with van der Waals surface area (Å²) in [4.78, 5) is 4.50. The molecule has 4 nitrogen and oxygen atoms in total. The van der Waals surface area contributed by atoms with Crippen molar-refractivity contribution in [3.63, 3.8) is 0 Å². The number of rotatable bonds is 2. The first kappa shape index (κ1) is 12.4. The zero-order chi connectivity index (χ0) is 14.2. The van der Waals surface area contributed by atoms with Crippen molar-refractivity contribution >= 4 is 5.65 Å². The SMILES string of the molecule is OC(c1cn2ccccc2n1)c1cccc2c1OCCC2. The van der Waals surface area contributed by atoms with Crippen LogP contribution in [0.15, 0.2) is 48.8 Å². The van der Waals surface area contributed by atoms with E-state index in [1.54, 1.807) is 0 Å². The Hall–Kier alpha value is -2.33. The summed E-state index contributed by atoms with van der Waals surface area (Å²) in [6.07, 6.45) is 5.05. The van der Waals surface area contributed by atoms with Crippen LogP contribution in [0.5, 0.6) is 5.75 Å². The van der Waals surface area contributed by atoms with E-state index < -0.39 is 6.10 Å². The maximum atomic E-state index is 10.7. The normalized spacial score (nSPS) is 15.5. The Morgan fingerprint density at radius 1 is 1.19 bits per heavy atom. The van der Waals surface area contributed by atoms with Crippen LogP contribution in [-0.4, -0.2) is 21.1 Å². The number of aliphatic hydroxyl groups excluding tert-OH is 1. The minimum atomic E-state index is -0.766. The molecule has 1 aliphatic heterocycles. The van der Waals surface area contributed by atoms with Crippen LogP contribution in [0.25, 0.3) is 5.65 Å². The molecule has 4 rings (SSSR count). The van der Waals surface area contributed by atoms with Crippen LogP contribution < -0.4 is 4.74 Å². The Kier molecular flexibility index (Phi) is 2.89. The zero-order valence-electron chi connectivity index (χ0n) is 11.6. The summed E-state index contributed by atoms with van der Waals surface area (Å²) < 4.78 is 7.69. The van der Waals surface area contributed by atoms with Crippen LogP contribution in [-0.2, 0) is 6.42 Å². The van der Waals surface area contributed by atoms with Crippen LogP contribution >= 0.6 is 0 Å². The first-order chi connectivity index (χ1) is 10.3. The van der Waals surface area contributed by atoms with Crippen molar-refractivity contribution in [2.75, 3.05) is 6.61 Å². The van der Waals surface area contributed by atoms with Gasteiger partial charge in [0.15, 0.2) is 0 Å². The molecule has 106 valence electrons. The molecule has 1 atom stereocenters. The number of nitrogens with zero attached hydrogens (tertiary/aromatic N) is 2. The lowest BCUT2D eigenvalue weighted by molar-refractivity contribution is 0.203. The van der Waals surface area contributed by atoms with Gasteiger partial charge in [0.05, 0.1) is 12.3 Å². The topological polar surface area (TPSA) is 46.8 Å². The van der Waals surface area contributed by atoms with E-state index in [9.17, 15) is 5.11 Å². The Morgan fingerprint density at radius 3 is 3.05 bits per heavy atom. The van der Waals surface area contributed by atoms with Crippen molar-refractivity contribution in [2.45, 2.75) is 18.9 Å². The average molecular weight is 280 g/mol. The van der Waals surface area contributed by atoms with Crippen molar-refractivity contribution in [3.05, 3.63) is 65.6 Å². The highest BCUT2D eigenvalue weighted by Gasteiger charge is 2.22. The summed E-state index contributed by atoms with van der Waals surface area (Å²) in [6, 6.07) is 11.8. The molecular weight excluding hydrogens is 264 g/mol. The number of fused-ring (bicyclic) bond motifs is 2. The summed E-state index contributed by atoms with van der Waals surface area (Å²) in [5.74, 6) is 0.827. The number of aliphatic hydroxyl groups is 1. The molecule has 0 bridgehead atoms. The maximum absolute atomic E-state index is 10.7. The van der Waals surface area contributed by atoms with Gasteiger partial charge in [-0.3, -0.25) is 0 Å². The van der Waals surface area contributed by atoms with Gasteiger partial charge in [-0.15, -0.1) is 0 Å². The number of ether oxygens (including phenoxy) is 1. The lowest BCUT2D eigenvalue weighted by atomic mass is 9.98. The van der Waals surface area contributed by atoms with Crippen molar-refractivity contribution in [1.82, 2.24) is 9.38 Å². The molecule has 1 aliphatic rings. The van der Waals surface area contributed by atoms with Gasteiger partial charge in [-0.05, 0) is 30.5 Å². The van der Waals surface area contributed by atoms with E-state index in [2.05, 4.69) is 11.1 Å². The molecule has 0 saturated carbocycles. The number of pyridine rings is 1. The summed E-state index contributed by atoms with van der Waals surface area (Å²) in [7, 11) is 0. The maximum Gasteiger partial charge on any atom is 0.137 e. The van der Waals surface area contributed by atoms with Gasteiger partial charge in [-0.2, -0.15) is 0 Å². The van der Waals surface area contributed by atoms with Gasteiger partial charge in [0.1, 0.15) is 17.5 Å². The molecule has 21 heavy (non-hydrogen) atoms. The second kappa shape index (κ2) is 4.90. The smallest absolute Gasteiger partial charge is 0.137 e. The molecule has 4 heteroatoms. The average Bonchev–Trinajstić information content (AvgIpc) is 2.97. The number of para-hydroxylation sites is 1. The molecular formula is C17H16N2O2. The van der Waals surface area contributed by atoms with Gasteiger partial charge in [-0.1, -0.05) is 24.3 Å². The molecule has 1 unspecified atom stereocenters. The Labute approximate surface area is 122 Å². The molecule has 1 N–H and O–H groups in total. The number of hydrogen-bond acceptors (Lipinski definition) is 3. The summed E-state index contributed by atoms with van der Waals surface area (Å²) >= 11 is 0. The summed E-state index contributed by atoms with van der Waals surface area (Å²) in [5.41, 5.74) is 3.44. The zero-order valence-corrected chi connectivity index (χ0v) is 11.6.